The third-order valence-corrected chi connectivity index (χ3v) is 3.28. The average molecular weight is 331 g/mol. The monoisotopic (exact) mass is 330 g/mol. The van der Waals surface area contributed by atoms with E-state index in [-0.39, 0.29) is 12.2 Å². The summed E-state index contributed by atoms with van der Waals surface area (Å²) in [4.78, 5) is 0. The highest BCUT2D eigenvalue weighted by Crippen LogP contribution is 2.17. The van der Waals surface area contributed by atoms with Crippen molar-refractivity contribution in [2.75, 3.05) is 33.0 Å². The predicted molar refractivity (Wildman–Crippen MR) is 75.6 cm³/mol. The third kappa shape index (κ3) is 5.10. The van der Waals surface area contributed by atoms with Crippen molar-refractivity contribution in [2.45, 2.75) is 19.1 Å². The Morgan fingerprint density at radius 1 is 1.16 bits per heavy atom. The Kier molecular flexibility index (Phi) is 6.10. The summed E-state index contributed by atoms with van der Waals surface area (Å²) in [6, 6.07) is 7.74. The zero-order valence-corrected chi connectivity index (χ0v) is 12.6. The van der Waals surface area contributed by atoms with E-state index in [1.807, 2.05) is 31.2 Å². The molecule has 1 heterocycles. The molecule has 0 spiro atoms. The molecule has 0 aliphatic carbocycles. The normalized spacial score (nSPS) is 23.3. The Morgan fingerprint density at radius 3 is 2.53 bits per heavy atom. The molecule has 0 N–H and O–H groups in total. The van der Waals surface area contributed by atoms with Crippen LogP contribution in [0.1, 0.15) is 6.92 Å². The Morgan fingerprint density at radius 2 is 1.84 bits per heavy atom. The molecule has 1 fully saturated rings. The lowest BCUT2D eigenvalue weighted by Gasteiger charge is -2.29. The molecule has 1 aromatic rings. The van der Waals surface area contributed by atoms with E-state index >= 15 is 0 Å². The summed E-state index contributed by atoms with van der Waals surface area (Å²) in [6.45, 7) is 4.89. The molecule has 2 unspecified atom stereocenters. The lowest BCUT2D eigenvalue weighted by molar-refractivity contribution is -0.164. The first-order valence-corrected chi connectivity index (χ1v) is 7.26. The molecule has 0 aromatic heterocycles. The van der Waals surface area contributed by atoms with Crippen LogP contribution >= 0.6 is 15.9 Å². The van der Waals surface area contributed by atoms with Crippen molar-refractivity contribution in [3.05, 3.63) is 28.7 Å². The molecule has 2 rings (SSSR count). The van der Waals surface area contributed by atoms with Crippen LogP contribution in [0.15, 0.2) is 28.7 Å². The van der Waals surface area contributed by atoms with Crippen LogP contribution in [0, 0.1) is 0 Å². The minimum absolute atomic E-state index is 0.00668. The number of hydrogen-bond acceptors (Lipinski definition) is 4. The molecule has 1 aliphatic rings. The van der Waals surface area contributed by atoms with Gasteiger partial charge in [0.05, 0.1) is 19.8 Å². The Balaban J connectivity index is 1.74. The van der Waals surface area contributed by atoms with Gasteiger partial charge in [0, 0.05) is 11.1 Å². The van der Waals surface area contributed by atoms with Crippen LogP contribution < -0.4 is 4.74 Å². The standard InChI is InChI=1S/C14H19BrO4/c1-2-16-7-13-8-17-9-14(19-13)10-18-12-5-3-11(15)4-6-12/h3-6,13-14H,2,7-10H2,1H3. The van der Waals surface area contributed by atoms with E-state index in [0.717, 1.165) is 10.2 Å². The number of ether oxygens (including phenoxy) is 4. The van der Waals surface area contributed by atoms with Crippen LogP contribution in [-0.2, 0) is 14.2 Å². The Bertz CT molecular complexity index is 368. The molecule has 4 nitrogen and oxygen atoms in total. The summed E-state index contributed by atoms with van der Waals surface area (Å²) >= 11 is 3.39. The summed E-state index contributed by atoms with van der Waals surface area (Å²) < 4.78 is 23.4. The summed E-state index contributed by atoms with van der Waals surface area (Å²) in [5.41, 5.74) is 0. The van der Waals surface area contributed by atoms with Gasteiger partial charge in [0.1, 0.15) is 24.6 Å². The van der Waals surface area contributed by atoms with Crippen molar-refractivity contribution in [3.63, 3.8) is 0 Å². The van der Waals surface area contributed by atoms with Gasteiger partial charge in [-0.2, -0.15) is 0 Å². The fourth-order valence-corrected chi connectivity index (χ4v) is 2.09. The minimum atomic E-state index is -0.0390. The third-order valence-electron chi connectivity index (χ3n) is 2.75. The van der Waals surface area contributed by atoms with E-state index in [0.29, 0.717) is 33.0 Å². The van der Waals surface area contributed by atoms with Crippen molar-refractivity contribution in [1.29, 1.82) is 0 Å². The molecule has 1 aromatic carbocycles. The van der Waals surface area contributed by atoms with Crippen LogP contribution in [0.5, 0.6) is 5.75 Å². The first-order chi connectivity index (χ1) is 9.28. The van der Waals surface area contributed by atoms with Crippen LogP contribution in [0.25, 0.3) is 0 Å². The van der Waals surface area contributed by atoms with E-state index in [4.69, 9.17) is 18.9 Å². The minimum Gasteiger partial charge on any atom is -0.491 e. The fraction of sp³-hybridized carbons (Fsp3) is 0.571. The predicted octanol–water partition coefficient (Wildman–Crippen LogP) is 2.65. The zero-order valence-electron chi connectivity index (χ0n) is 11.0. The fourth-order valence-electron chi connectivity index (χ4n) is 1.83. The number of benzene rings is 1. The van der Waals surface area contributed by atoms with Crippen LogP contribution in [-0.4, -0.2) is 45.2 Å². The van der Waals surface area contributed by atoms with Gasteiger partial charge in [0.2, 0.25) is 0 Å². The zero-order chi connectivity index (χ0) is 13.5. The van der Waals surface area contributed by atoms with Gasteiger partial charge < -0.3 is 18.9 Å². The first-order valence-electron chi connectivity index (χ1n) is 6.47. The second kappa shape index (κ2) is 7.85. The van der Waals surface area contributed by atoms with Gasteiger partial charge in [-0.15, -0.1) is 0 Å². The van der Waals surface area contributed by atoms with Crippen LogP contribution in [0.3, 0.4) is 0 Å². The Labute approximate surface area is 122 Å². The second-order valence-electron chi connectivity index (χ2n) is 4.34. The smallest absolute Gasteiger partial charge is 0.119 e. The molecule has 1 aliphatic heterocycles. The van der Waals surface area contributed by atoms with Crippen LogP contribution in [0.4, 0.5) is 0 Å². The number of halogens is 1. The van der Waals surface area contributed by atoms with E-state index in [1.54, 1.807) is 0 Å². The highest BCUT2D eigenvalue weighted by Gasteiger charge is 2.23. The summed E-state index contributed by atoms with van der Waals surface area (Å²) in [5, 5.41) is 0. The summed E-state index contributed by atoms with van der Waals surface area (Å²) in [5.74, 6) is 0.832. The molecule has 0 saturated carbocycles. The van der Waals surface area contributed by atoms with Crippen molar-refractivity contribution >= 4 is 15.9 Å². The van der Waals surface area contributed by atoms with E-state index < -0.39 is 0 Å². The molecule has 5 heteroatoms. The molecule has 19 heavy (non-hydrogen) atoms. The molecule has 0 radical (unpaired) electrons. The van der Waals surface area contributed by atoms with Gasteiger partial charge in [-0.25, -0.2) is 0 Å². The molecular weight excluding hydrogens is 312 g/mol. The van der Waals surface area contributed by atoms with E-state index in [1.165, 1.54) is 0 Å². The van der Waals surface area contributed by atoms with Crippen LogP contribution in [0.2, 0.25) is 0 Å². The molecule has 2 atom stereocenters. The van der Waals surface area contributed by atoms with Gasteiger partial charge in [-0.05, 0) is 31.2 Å². The molecule has 0 bridgehead atoms. The molecule has 0 amide bonds. The largest absolute Gasteiger partial charge is 0.491 e. The van der Waals surface area contributed by atoms with Gasteiger partial charge in [0.25, 0.3) is 0 Å². The van der Waals surface area contributed by atoms with Crippen molar-refractivity contribution in [3.8, 4) is 5.75 Å². The molecular formula is C14H19BrO4. The second-order valence-corrected chi connectivity index (χ2v) is 5.26. The maximum atomic E-state index is 5.85. The lowest BCUT2D eigenvalue weighted by atomic mass is 10.3. The highest BCUT2D eigenvalue weighted by molar-refractivity contribution is 9.10. The average Bonchev–Trinajstić information content (AvgIpc) is 2.45. The summed E-state index contributed by atoms with van der Waals surface area (Å²) in [7, 11) is 0. The van der Waals surface area contributed by atoms with Crippen molar-refractivity contribution in [1.82, 2.24) is 0 Å². The van der Waals surface area contributed by atoms with E-state index in [9.17, 15) is 0 Å². The van der Waals surface area contributed by atoms with E-state index in [2.05, 4.69) is 15.9 Å². The van der Waals surface area contributed by atoms with Gasteiger partial charge >= 0.3 is 0 Å². The SMILES string of the molecule is CCOCC1COCC(COc2ccc(Br)cc2)O1. The van der Waals surface area contributed by atoms with Gasteiger partial charge in [-0.3, -0.25) is 0 Å². The topological polar surface area (TPSA) is 36.9 Å². The number of rotatable bonds is 6. The van der Waals surface area contributed by atoms with Gasteiger partial charge in [-0.1, -0.05) is 15.9 Å². The van der Waals surface area contributed by atoms with Crippen molar-refractivity contribution < 1.29 is 18.9 Å². The molecule has 106 valence electrons. The highest BCUT2D eigenvalue weighted by atomic mass is 79.9. The maximum Gasteiger partial charge on any atom is 0.119 e. The number of hydrogen-bond donors (Lipinski definition) is 0. The quantitative estimate of drug-likeness (QED) is 0.803. The first kappa shape index (κ1) is 14.8. The van der Waals surface area contributed by atoms with Gasteiger partial charge in [0.15, 0.2) is 0 Å². The lowest BCUT2D eigenvalue weighted by Crippen LogP contribution is -2.41. The summed E-state index contributed by atoms with van der Waals surface area (Å²) in [6.07, 6.45) is -0.0323. The maximum absolute atomic E-state index is 5.85. The Hall–Kier alpha value is -0.620. The molecule has 1 saturated heterocycles. The van der Waals surface area contributed by atoms with Crippen molar-refractivity contribution in [2.24, 2.45) is 0 Å².